The number of ether oxygens (including phenoxy) is 1. The molecule has 7 heteroatoms. The van der Waals surface area contributed by atoms with E-state index in [0.717, 1.165) is 43.7 Å². The zero-order valence-corrected chi connectivity index (χ0v) is 16.7. The molecule has 7 nitrogen and oxygen atoms in total. The summed E-state index contributed by atoms with van der Waals surface area (Å²) >= 11 is 0. The average molecular weight is 374 g/mol. The summed E-state index contributed by atoms with van der Waals surface area (Å²) < 4.78 is 11.2. The van der Waals surface area contributed by atoms with Crippen molar-refractivity contribution in [3.05, 3.63) is 29.7 Å². The predicted molar refractivity (Wildman–Crippen MR) is 104 cm³/mol. The fourth-order valence-corrected chi connectivity index (χ4v) is 3.24. The summed E-state index contributed by atoms with van der Waals surface area (Å²) in [6, 6.07) is 6.17. The van der Waals surface area contributed by atoms with E-state index < -0.39 is 5.60 Å². The summed E-state index contributed by atoms with van der Waals surface area (Å²) in [5, 5.41) is 3.05. The molecule has 0 aliphatic carbocycles. The van der Waals surface area contributed by atoms with Crippen LogP contribution in [0.1, 0.15) is 38.6 Å². The molecule has 1 aromatic carbocycles. The minimum Gasteiger partial charge on any atom is -0.444 e. The van der Waals surface area contributed by atoms with E-state index in [1.165, 1.54) is 5.56 Å². The van der Waals surface area contributed by atoms with E-state index in [9.17, 15) is 4.79 Å². The van der Waals surface area contributed by atoms with Crippen LogP contribution in [0.2, 0.25) is 0 Å². The van der Waals surface area contributed by atoms with Crippen LogP contribution in [0.25, 0.3) is 11.1 Å². The Hall–Kier alpha value is -2.12. The molecule has 0 atom stereocenters. The van der Waals surface area contributed by atoms with Crippen LogP contribution in [0.15, 0.2) is 22.6 Å². The number of nitrogens with zero attached hydrogens (tertiary/aromatic N) is 3. The third-order valence-electron chi connectivity index (χ3n) is 4.47. The first-order chi connectivity index (χ1) is 12.8. The highest BCUT2D eigenvalue weighted by atomic mass is 16.6. The third-order valence-corrected chi connectivity index (χ3v) is 4.47. The summed E-state index contributed by atoms with van der Waals surface area (Å²) in [7, 11) is 1.88. The van der Waals surface area contributed by atoms with Crippen LogP contribution >= 0.6 is 0 Å². The van der Waals surface area contributed by atoms with E-state index in [4.69, 9.17) is 9.15 Å². The molecule has 1 aliphatic rings. The second kappa shape index (κ2) is 8.27. The van der Waals surface area contributed by atoms with E-state index in [-0.39, 0.29) is 6.09 Å². The van der Waals surface area contributed by atoms with Gasteiger partial charge in [0.1, 0.15) is 11.1 Å². The van der Waals surface area contributed by atoms with Gasteiger partial charge in [0.2, 0.25) is 5.89 Å². The van der Waals surface area contributed by atoms with E-state index in [1.807, 2.05) is 38.8 Å². The van der Waals surface area contributed by atoms with Crippen molar-refractivity contribution < 1.29 is 13.9 Å². The van der Waals surface area contributed by atoms with Gasteiger partial charge in [-0.25, -0.2) is 9.78 Å². The average Bonchev–Trinajstić information content (AvgIpc) is 2.82. The Kier molecular flexibility index (Phi) is 6.01. The van der Waals surface area contributed by atoms with Gasteiger partial charge >= 0.3 is 6.09 Å². The van der Waals surface area contributed by atoms with Gasteiger partial charge < -0.3 is 19.4 Å². The highest BCUT2D eigenvalue weighted by molar-refractivity contribution is 5.73. The maximum Gasteiger partial charge on any atom is 0.410 e. The normalized spacial score (nSPS) is 16.5. The highest BCUT2D eigenvalue weighted by Crippen LogP contribution is 2.19. The lowest BCUT2D eigenvalue weighted by molar-refractivity contribution is 0.0257. The first kappa shape index (κ1) is 19.6. The van der Waals surface area contributed by atoms with Crippen molar-refractivity contribution in [1.29, 1.82) is 0 Å². The summed E-state index contributed by atoms with van der Waals surface area (Å²) in [5.41, 5.74) is 2.46. The molecule has 0 saturated carbocycles. The fourth-order valence-electron chi connectivity index (χ4n) is 3.24. The van der Waals surface area contributed by atoms with Crippen LogP contribution in [0, 0.1) is 0 Å². The Morgan fingerprint density at radius 3 is 2.81 bits per heavy atom. The number of hydrogen-bond donors (Lipinski definition) is 1. The van der Waals surface area contributed by atoms with Gasteiger partial charge in [-0.05, 0) is 51.9 Å². The maximum atomic E-state index is 12.3. The number of carbonyl (C=O) groups excluding carboxylic acids is 1. The summed E-state index contributed by atoms with van der Waals surface area (Å²) in [5.74, 6) is 0.701. The van der Waals surface area contributed by atoms with Crippen molar-refractivity contribution in [1.82, 2.24) is 20.1 Å². The van der Waals surface area contributed by atoms with Gasteiger partial charge in [0, 0.05) is 32.7 Å². The Balaban J connectivity index is 1.59. The van der Waals surface area contributed by atoms with E-state index in [1.54, 1.807) is 0 Å². The molecule has 3 rings (SSSR count). The first-order valence-corrected chi connectivity index (χ1v) is 9.57. The summed E-state index contributed by atoms with van der Waals surface area (Å²) in [6.07, 6.45) is 0.725. The van der Waals surface area contributed by atoms with Crippen molar-refractivity contribution in [2.75, 3.05) is 33.2 Å². The standard InChI is InChI=1S/C20H30N4O3/c1-20(2,3)27-19(25)24-9-5-8-23(10-11-24)14-15-6-7-17-16(12-15)22-18(26-17)13-21-4/h6-7,12,21H,5,8-11,13-14H2,1-4H3. The minimum atomic E-state index is -0.456. The molecule has 0 bridgehead atoms. The molecule has 1 aliphatic heterocycles. The van der Waals surface area contributed by atoms with Gasteiger partial charge in [-0.1, -0.05) is 6.07 Å². The van der Waals surface area contributed by atoms with Crippen LogP contribution in [0.5, 0.6) is 0 Å². The fraction of sp³-hybridized carbons (Fsp3) is 0.600. The SMILES string of the molecule is CNCc1nc2cc(CN3CCCN(C(=O)OC(C)(C)C)CC3)ccc2o1. The largest absolute Gasteiger partial charge is 0.444 e. The molecule has 0 unspecified atom stereocenters. The lowest BCUT2D eigenvalue weighted by Gasteiger charge is -2.26. The van der Waals surface area contributed by atoms with Crippen LogP contribution in [-0.4, -0.2) is 59.7 Å². The molecule has 148 valence electrons. The zero-order chi connectivity index (χ0) is 19.4. The summed E-state index contributed by atoms with van der Waals surface area (Å²) in [4.78, 5) is 21.0. The van der Waals surface area contributed by atoms with Gasteiger partial charge in [-0.3, -0.25) is 4.90 Å². The maximum absolute atomic E-state index is 12.3. The number of benzene rings is 1. The molecule has 1 aromatic heterocycles. The lowest BCUT2D eigenvalue weighted by Crippen LogP contribution is -2.39. The predicted octanol–water partition coefficient (Wildman–Crippen LogP) is 2.99. The number of nitrogens with one attached hydrogen (secondary N) is 1. The van der Waals surface area contributed by atoms with Gasteiger partial charge in [0.15, 0.2) is 5.58 Å². The van der Waals surface area contributed by atoms with Crippen LogP contribution in [0.3, 0.4) is 0 Å². The Labute approximate surface area is 160 Å². The molecule has 2 aromatic rings. The molecule has 0 radical (unpaired) electrons. The Morgan fingerprint density at radius 2 is 2.07 bits per heavy atom. The first-order valence-electron chi connectivity index (χ1n) is 9.57. The van der Waals surface area contributed by atoms with E-state index in [2.05, 4.69) is 27.3 Å². The summed E-state index contributed by atoms with van der Waals surface area (Å²) in [6.45, 7) is 10.4. The minimum absolute atomic E-state index is 0.217. The van der Waals surface area contributed by atoms with Crippen molar-refractivity contribution in [2.24, 2.45) is 0 Å². The van der Waals surface area contributed by atoms with E-state index in [0.29, 0.717) is 19.0 Å². The third kappa shape index (κ3) is 5.43. The molecule has 0 spiro atoms. The van der Waals surface area contributed by atoms with Gasteiger partial charge in [0.25, 0.3) is 0 Å². The van der Waals surface area contributed by atoms with Gasteiger partial charge in [-0.15, -0.1) is 0 Å². The second-order valence-electron chi connectivity index (χ2n) is 8.04. The Morgan fingerprint density at radius 1 is 1.26 bits per heavy atom. The number of amides is 1. The van der Waals surface area contributed by atoms with Crippen molar-refractivity contribution in [3.63, 3.8) is 0 Å². The molecule has 1 saturated heterocycles. The van der Waals surface area contributed by atoms with Crippen LogP contribution in [0.4, 0.5) is 4.79 Å². The number of carbonyl (C=O) groups is 1. The number of fused-ring (bicyclic) bond motifs is 1. The molecular weight excluding hydrogens is 344 g/mol. The topological polar surface area (TPSA) is 70.8 Å². The lowest BCUT2D eigenvalue weighted by atomic mass is 10.2. The molecule has 2 heterocycles. The zero-order valence-electron chi connectivity index (χ0n) is 16.7. The molecular formula is C20H30N4O3. The monoisotopic (exact) mass is 374 g/mol. The van der Waals surface area contributed by atoms with Crippen LogP contribution < -0.4 is 5.32 Å². The number of rotatable bonds is 4. The Bertz CT molecular complexity index is 781. The van der Waals surface area contributed by atoms with Crippen molar-refractivity contribution in [3.8, 4) is 0 Å². The molecule has 1 fully saturated rings. The molecule has 1 amide bonds. The van der Waals surface area contributed by atoms with Crippen molar-refractivity contribution in [2.45, 2.75) is 45.9 Å². The van der Waals surface area contributed by atoms with Gasteiger partial charge in [0.05, 0.1) is 6.54 Å². The molecule has 27 heavy (non-hydrogen) atoms. The van der Waals surface area contributed by atoms with Crippen molar-refractivity contribution >= 4 is 17.2 Å². The smallest absolute Gasteiger partial charge is 0.410 e. The van der Waals surface area contributed by atoms with Gasteiger partial charge in [-0.2, -0.15) is 0 Å². The number of hydrogen-bond acceptors (Lipinski definition) is 6. The quantitative estimate of drug-likeness (QED) is 0.887. The number of aromatic nitrogens is 1. The second-order valence-corrected chi connectivity index (χ2v) is 8.04. The highest BCUT2D eigenvalue weighted by Gasteiger charge is 2.24. The number of oxazole rings is 1. The van der Waals surface area contributed by atoms with Crippen LogP contribution in [-0.2, 0) is 17.8 Å². The van der Waals surface area contributed by atoms with E-state index >= 15 is 0 Å². The molecule has 1 N–H and O–H groups in total.